The van der Waals surface area contributed by atoms with Gasteiger partial charge in [0.25, 0.3) is 5.92 Å². The summed E-state index contributed by atoms with van der Waals surface area (Å²) in [7, 11) is -3.70. The van der Waals surface area contributed by atoms with Crippen LogP contribution in [0.25, 0.3) is 10.3 Å². The highest BCUT2D eigenvalue weighted by Crippen LogP contribution is 2.68. The van der Waals surface area contributed by atoms with Gasteiger partial charge in [-0.05, 0) is 58.5 Å². The maximum absolute atomic E-state index is 15.0. The second-order valence-corrected chi connectivity index (χ2v) is 14.4. The largest absolute Gasteiger partial charge is 0.435 e. The third kappa shape index (κ3) is 5.41. The van der Waals surface area contributed by atoms with Crippen molar-refractivity contribution in [1.29, 1.82) is 0 Å². The van der Waals surface area contributed by atoms with E-state index in [1.54, 1.807) is 0 Å². The lowest BCUT2D eigenvalue weighted by molar-refractivity contribution is -0.142. The van der Waals surface area contributed by atoms with Gasteiger partial charge in [-0.15, -0.1) is 11.3 Å². The number of thiazole rings is 1. The number of nitrogens with one attached hydrogen (secondary N) is 1. The smallest absolute Gasteiger partial charge is 0.346 e. The molecule has 1 saturated carbocycles. The van der Waals surface area contributed by atoms with Crippen molar-refractivity contribution in [3.8, 4) is 0 Å². The van der Waals surface area contributed by atoms with E-state index < -0.39 is 80.9 Å². The Balaban J connectivity index is 1.37. The number of pyridine rings is 1. The van der Waals surface area contributed by atoms with Crippen LogP contribution in [-0.2, 0) is 39.7 Å². The summed E-state index contributed by atoms with van der Waals surface area (Å²) in [6, 6.07) is 2.85. The molecule has 1 aromatic carbocycles. The second-order valence-electron chi connectivity index (χ2n) is 10.4. The van der Waals surface area contributed by atoms with Crippen LogP contribution in [-0.4, -0.2) is 40.3 Å². The zero-order chi connectivity index (χ0) is 31.2. The van der Waals surface area contributed by atoms with E-state index >= 15 is 0 Å². The number of fused-ring (bicyclic) bond motifs is 4. The molecule has 0 saturated heterocycles. The molecule has 3 heterocycles. The molecule has 0 spiro atoms. The summed E-state index contributed by atoms with van der Waals surface area (Å²) in [6.45, 7) is -1.02. The van der Waals surface area contributed by atoms with Gasteiger partial charge in [-0.2, -0.15) is 27.1 Å². The number of halogens is 8. The third-order valence-corrected chi connectivity index (χ3v) is 10.5. The Morgan fingerprint density at radius 3 is 2.49 bits per heavy atom. The van der Waals surface area contributed by atoms with Crippen LogP contribution >= 0.6 is 27.3 Å². The lowest BCUT2D eigenvalue weighted by Gasteiger charge is -2.21. The highest BCUT2D eigenvalue weighted by atomic mass is 79.9. The Labute approximate surface area is 250 Å². The fourth-order valence-corrected chi connectivity index (χ4v) is 7.94. The predicted molar refractivity (Wildman–Crippen MR) is 141 cm³/mol. The van der Waals surface area contributed by atoms with Crippen LogP contribution in [0.5, 0.6) is 0 Å². The van der Waals surface area contributed by atoms with Crippen LogP contribution in [0.3, 0.4) is 0 Å². The Bertz CT molecular complexity index is 1910. The van der Waals surface area contributed by atoms with Crippen molar-refractivity contribution in [2.75, 3.05) is 6.26 Å². The number of carbonyl (C=O) groups is 1. The van der Waals surface area contributed by atoms with Crippen LogP contribution in [0.15, 0.2) is 33.1 Å². The average Bonchev–Trinajstić information content (AvgIpc) is 3.30. The van der Waals surface area contributed by atoms with Gasteiger partial charge in [0.2, 0.25) is 20.1 Å². The Kier molecular flexibility index (Phi) is 6.93. The molecule has 3 atom stereocenters. The molecular weight excluding hydrogens is 695 g/mol. The number of hydrogen-bond donors (Lipinski definition) is 1. The maximum atomic E-state index is 15.0. The molecule has 2 aliphatic carbocycles. The molecule has 6 rings (SSSR count). The fourth-order valence-electron chi connectivity index (χ4n) is 5.39. The van der Waals surface area contributed by atoms with Gasteiger partial charge in [0, 0.05) is 28.3 Å². The number of aromatic nitrogens is 4. The fraction of sp³-hybridized carbons (Fsp3) is 0.360. The first-order valence-electron chi connectivity index (χ1n) is 12.4. The summed E-state index contributed by atoms with van der Waals surface area (Å²) in [5.74, 6) is -8.81. The molecule has 4 aromatic rings. The molecule has 1 amide bonds. The highest BCUT2D eigenvalue weighted by Gasteiger charge is 2.68. The number of nitrogens with zero attached hydrogens (tertiary/aromatic N) is 4. The van der Waals surface area contributed by atoms with E-state index in [4.69, 9.17) is 0 Å². The molecule has 0 radical (unpaired) electrons. The monoisotopic (exact) mass is 711 g/mol. The van der Waals surface area contributed by atoms with Crippen LogP contribution in [0.2, 0.25) is 0 Å². The summed E-state index contributed by atoms with van der Waals surface area (Å²) in [5, 5.41) is 5.84. The topological polar surface area (TPSA) is 107 Å². The van der Waals surface area contributed by atoms with E-state index in [-0.39, 0.29) is 38.6 Å². The van der Waals surface area contributed by atoms with E-state index in [0.717, 1.165) is 29.7 Å². The predicted octanol–water partition coefficient (Wildman–Crippen LogP) is 5.66. The zero-order valence-corrected chi connectivity index (χ0v) is 24.7. The van der Waals surface area contributed by atoms with Crippen molar-refractivity contribution >= 4 is 53.4 Å². The standard InChI is InChI=1S/C25H17BrF7N5O3S2/c1-43(40,41)23-36-22-16(42-23)7-14(26)19(35-22)15(4-9-2-10(27)5-11(28)3-9)34-17(39)8-38-21-18(20(37-38)25(31,32)33)12-6-13(12)24(21,29)30/h2-3,5,7,12-13,15H,4,6,8H2,1H3,(H,34,39)/t12-,13+,15?/m0/s1. The van der Waals surface area contributed by atoms with Gasteiger partial charge >= 0.3 is 6.18 Å². The highest BCUT2D eigenvalue weighted by molar-refractivity contribution is 9.10. The molecule has 18 heteroatoms. The van der Waals surface area contributed by atoms with Gasteiger partial charge in [-0.1, -0.05) is 0 Å². The molecular formula is C25H17BrF7N5O3S2. The second kappa shape index (κ2) is 9.95. The van der Waals surface area contributed by atoms with E-state index in [1.165, 1.54) is 6.07 Å². The molecule has 228 valence electrons. The van der Waals surface area contributed by atoms with Gasteiger partial charge in [0.05, 0.1) is 16.4 Å². The summed E-state index contributed by atoms with van der Waals surface area (Å²) in [4.78, 5) is 21.6. The summed E-state index contributed by atoms with van der Waals surface area (Å²) in [6.07, 6.45) is -4.49. The molecule has 3 aromatic heterocycles. The molecule has 1 N–H and O–H groups in total. The van der Waals surface area contributed by atoms with Crippen molar-refractivity contribution in [2.24, 2.45) is 5.92 Å². The molecule has 2 aliphatic rings. The van der Waals surface area contributed by atoms with Crippen molar-refractivity contribution in [1.82, 2.24) is 25.1 Å². The number of rotatable bonds is 7. The Morgan fingerprint density at radius 2 is 1.86 bits per heavy atom. The van der Waals surface area contributed by atoms with E-state index in [9.17, 15) is 43.9 Å². The SMILES string of the molecule is CS(=O)(=O)c1nc2nc(C(Cc3cc(F)cc(F)c3)NC(=O)Cn3nc(C(F)(F)F)c4c3C(F)(F)[C@@H]3C[C@H]43)c(Br)cc2s1. The van der Waals surface area contributed by atoms with Gasteiger partial charge in [-0.25, -0.2) is 27.2 Å². The van der Waals surface area contributed by atoms with Crippen molar-refractivity contribution in [3.05, 3.63) is 68.6 Å². The minimum absolute atomic E-state index is 0.0214. The third-order valence-electron chi connectivity index (χ3n) is 7.18. The van der Waals surface area contributed by atoms with Gasteiger partial charge in [0.15, 0.2) is 11.3 Å². The van der Waals surface area contributed by atoms with Gasteiger partial charge in [-0.3, -0.25) is 9.48 Å². The normalized spacial score (nSPS) is 19.7. The molecule has 1 fully saturated rings. The van der Waals surface area contributed by atoms with Crippen LogP contribution in [0, 0.1) is 17.6 Å². The molecule has 8 nitrogen and oxygen atoms in total. The lowest BCUT2D eigenvalue weighted by atomic mass is 10.0. The number of hydrogen-bond acceptors (Lipinski definition) is 7. The Hall–Kier alpha value is -3.12. The quantitative estimate of drug-likeness (QED) is 0.248. The number of benzene rings is 1. The summed E-state index contributed by atoms with van der Waals surface area (Å²) >= 11 is 4.12. The number of sulfone groups is 1. The maximum Gasteiger partial charge on any atom is 0.435 e. The minimum atomic E-state index is -5.02. The summed E-state index contributed by atoms with van der Waals surface area (Å²) < 4.78 is 124. The van der Waals surface area contributed by atoms with Crippen LogP contribution in [0.1, 0.15) is 46.6 Å². The zero-order valence-electron chi connectivity index (χ0n) is 21.5. The first kappa shape index (κ1) is 29.9. The van der Waals surface area contributed by atoms with Gasteiger partial charge < -0.3 is 5.32 Å². The van der Waals surface area contributed by atoms with Gasteiger partial charge in [0.1, 0.15) is 23.9 Å². The molecule has 0 aliphatic heterocycles. The minimum Gasteiger partial charge on any atom is -0.346 e. The van der Waals surface area contributed by atoms with E-state index in [2.05, 4.69) is 36.3 Å². The molecule has 43 heavy (non-hydrogen) atoms. The average molecular weight is 712 g/mol. The Morgan fingerprint density at radius 1 is 1.19 bits per heavy atom. The lowest BCUT2D eigenvalue weighted by Crippen LogP contribution is -2.35. The number of carbonyl (C=O) groups excluding carboxylic acids is 1. The number of alkyl halides is 5. The summed E-state index contributed by atoms with van der Waals surface area (Å²) in [5.41, 5.74) is -2.97. The number of amides is 1. The van der Waals surface area contributed by atoms with Crippen LogP contribution in [0.4, 0.5) is 30.7 Å². The molecule has 0 bridgehead atoms. The van der Waals surface area contributed by atoms with E-state index in [1.807, 2.05) is 0 Å². The molecule has 1 unspecified atom stereocenters. The first-order valence-corrected chi connectivity index (χ1v) is 15.9. The van der Waals surface area contributed by atoms with Crippen molar-refractivity contribution in [3.63, 3.8) is 0 Å². The van der Waals surface area contributed by atoms with Crippen LogP contribution < -0.4 is 5.32 Å². The first-order chi connectivity index (χ1) is 19.9. The van der Waals surface area contributed by atoms with E-state index in [0.29, 0.717) is 15.4 Å². The van der Waals surface area contributed by atoms with Crippen molar-refractivity contribution in [2.45, 2.75) is 47.8 Å². The van der Waals surface area contributed by atoms with Crippen molar-refractivity contribution < 1.29 is 43.9 Å².